The summed E-state index contributed by atoms with van der Waals surface area (Å²) < 4.78 is 0. The number of aromatic nitrogens is 1. The van der Waals surface area contributed by atoms with Crippen molar-refractivity contribution in [2.45, 2.75) is 19.0 Å². The topological polar surface area (TPSA) is 36.1 Å². The summed E-state index contributed by atoms with van der Waals surface area (Å²) in [5.74, 6) is 0.0595. The number of hydrogen-bond acceptors (Lipinski definition) is 1. The van der Waals surface area contributed by atoms with Gasteiger partial charge in [-0.2, -0.15) is 0 Å². The molecule has 34 heavy (non-hydrogen) atoms. The minimum absolute atomic E-state index is 0.0595. The van der Waals surface area contributed by atoms with Gasteiger partial charge in [-0.25, -0.2) is 0 Å². The first-order valence-electron chi connectivity index (χ1n) is 11.5. The smallest absolute Gasteiger partial charge is 0.255 e. The molecule has 0 aliphatic carbocycles. The van der Waals surface area contributed by atoms with Gasteiger partial charge in [-0.1, -0.05) is 90.5 Å². The summed E-state index contributed by atoms with van der Waals surface area (Å²) in [6, 6.07) is 34.1. The molecule has 0 saturated carbocycles. The molecule has 0 radical (unpaired) electrons. The molecule has 0 fully saturated rings. The Morgan fingerprint density at radius 1 is 0.824 bits per heavy atom. The molecule has 4 aromatic carbocycles. The Labute approximate surface area is 203 Å². The van der Waals surface area contributed by atoms with Crippen LogP contribution in [0.5, 0.6) is 0 Å². The van der Waals surface area contributed by atoms with E-state index < -0.39 is 0 Å². The van der Waals surface area contributed by atoms with Crippen LogP contribution in [0.15, 0.2) is 103 Å². The number of carbonyl (C=O) groups is 1. The first kappa shape index (κ1) is 20.8. The predicted molar refractivity (Wildman–Crippen MR) is 138 cm³/mol. The molecule has 5 aromatic rings. The van der Waals surface area contributed by atoms with Crippen LogP contribution in [-0.2, 0) is 0 Å². The number of amides is 1. The Morgan fingerprint density at radius 3 is 2.29 bits per heavy atom. The Balaban J connectivity index is 1.62. The molecule has 1 aliphatic rings. The van der Waals surface area contributed by atoms with Crippen molar-refractivity contribution >= 4 is 28.4 Å². The van der Waals surface area contributed by atoms with Crippen LogP contribution < -0.4 is 0 Å². The first-order valence-corrected chi connectivity index (χ1v) is 11.8. The average molecular weight is 463 g/mol. The minimum atomic E-state index is -0.222. The molecule has 6 rings (SSSR count). The van der Waals surface area contributed by atoms with Crippen LogP contribution in [0.3, 0.4) is 0 Å². The summed E-state index contributed by atoms with van der Waals surface area (Å²) in [5, 5.41) is 1.81. The van der Waals surface area contributed by atoms with E-state index in [1.807, 2.05) is 71.6 Å². The highest BCUT2D eigenvalue weighted by Crippen LogP contribution is 2.48. The monoisotopic (exact) mass is 462 g/mol. The highest BCUT2D eigenvalue weighted by Gasteiger charge is 2.42. The van der Waals surface area contributed by atoms with Gasteiger partial charge < -0.3 is 9.88 Å². The molecule has 1 aliphatic heterocycles. The molecule has 0 spiro atoms. The van der Waals surface area contributed by atoms with E-state index in [0.717, 1.165) is 44.4 Å². The Bertz CT molecular complexity index is 1500. The Hall–Kier alpha value is -3.82. The average Bonchev–Trinajstić information content (AvgIpc) is 3.40. The zero-order valence-corrected chi connectivity index (χ0v) is 19.5. The molecule has 0 bridgehead atoms. The molecule has 2 heterocycles. The third-order valence-corrected chi connectivity index (χ3v) is 7.10. The second-order valence-corrected chi connectivity index (χ2v) is 9.19. The maximum absolute atomic E-state index is 13.8. The molecule has 1 amide bonds. The fraction of sp³-hybridized carbons (Fsp3) is 0.100. The summed E-state index contributed by atoms with van der Waals surface area (Å²) in [5.41, 5.74) is 7.13. The van der Waals surface area contributed by atoms with Crippen LogP contribution >= 0.6 is 11.6 Å². The van der Waals surface area contributed by atoms with Crippen molar-refractivity contribution < 1.29 is 4.79 Å². The lowest BCUT2D eigenvalue weighted by Gasteiger charge is -2.32. The van der Waals surface area contributed by atoms with Crippen LogP contribution in [0.25, 0.3) is 22.2 Å². The number of benzene rings is 4. The molecular formula is C30H23ClN2O. The number of halogens is 1. The standard InChI is InChI=1S/C30H23ClN2O/c1-19(20-9-3-2-4-10-20)33-29(23-11-5-6-12-24(23)30(33)34)27-25-13-7-8-14-26(25)32-28(27)21-15-17-22(31)18-16-21/h2-19,29,32H,1H3. The second kappa shape index (κ2) is 8.19. The van der Waals surface area contributed by atoms with E-state index in [9.17, 15) is 4.79 Å². The van der Waals surface area contributed by atoms with Crippen LogP contribution in [0.2, 0.25) is 5.02 Å². The van der Waals surface area contributed by atoms with Crippen molar-refractivity contribution in [2.75, 3.05) is 0 Å². The predicted octanol–water partition coefficient (Wildman–Crippen LogP) is 7.79. The number of carbonyl (C=O) groups excluding carboxylic acids is 1. The molecule has 166 valence electrons. The van der Waals surface area contributed by atoms with Crippen LogP contribution in [0.1, 0.15) is 46.1 Å². The summed E-state index contributed by atoms with van der Waals surface area (Å²) in [7, 11) is 0. The van der Waals surface area contributed by atoms with Gasteiger partial charge in [-0.05, 0) is 47.9 Å². The number of hydrogen-bond donors (Lipinski definition) is 1. The number of nitrogens with one attached hydrogen (secondary N) is 1. The van der Waals surface area contributed by atoms with Gasteiger partial charge in [0.15, 0.2) is 0 Å². The number of aromatic amines is 1. The quantitative estimate of drug-likeness (QED) is 0.290. The van der Waals surface area contributed by atoms with Crippen molar-refractivity contribution in [3.05, 3.63) is 130 Å². The van der Waals surface area contributed by atoms with Crippen LogP contribution in [0, 0.1) is 0 Å². The van der Waals surface area contributed by atoms with Gasteiger partial charge in [0, 0.05) is 27.1 Å². The van der Waals surface area contributed by atoms with Crippen molar-refractivity contribution in [1.82, 2.24) is 9.88 Å². The van der Waals surface area contributed by atoms with E-state index in [1.54, 1.807) is 0 Å². The number of fused-ring (bicyclic) bond motifs is 2. The molecule has 0 saturated heterocycles. The van der Waals surface area contributed by atoms with Gasteiger partial charge in [0.05, 0.1) is 17.8 Å². The van der Waals surface area contributed by atoms with E-state index in [1.165, 1.54) is 0 Å². The maximum Gasteiger partial charge on any atom is 0.255 e. The molecule has 1 N–H and O–H groups in total. The van der Waals surface area contributed by atoms with E-state index in [-0.39, 0.29) is 18.0 Å². The van der Waals surface area contributed by atoms with Gasteiger partial charge in [0.2, 0.25) is 0 Å². The van der Waals surface area contributed by atoms with E-state index in [4.69, 9.17) is 11.6 Å². The lowest BCUT2D eigenvalue weighted by atomic mass is 9.92. The highest BCUT2D eigenvalue weighted by molar-refractivity contribution is 6.30. The van der Waals surface area contributed by atoms with E-state index in [2.05, 4.69) is 48.3 Å². The third kappa shape index (κ3) is 3.24. The zero-order chi connectivity index (χ0) is 23.2. The number of rotatable bonds is 4. The zero-order valence-electron chi connectivity index (χ0n) is 18.7. The summed E-state index contributed by atoms with van der Waals surface area (Å²) in [6.45, 7) is 2.11. The minimum Gasteiger partial charge on any atom is -0.354 e. The number of para-hydroxylation sites is 1. The second-order valence-electron chi connectivity index (χ2n) is 8.76. The molecule has 3 nitrogen and oxygen atoms in total. The Kier molecular flexibility index (Phi) is 5.00. The summed E-state index contributed by atoms with van der Waals surface area (Å²) in [4.78, 5) is 19.5. The van der Waals surface area contributed by atoms with Gasteiger partial charge >= 0.3 is 0 Å². The summed E-state index contributed by atoms with van der Waals surface area (Å²) >= 11 is 6.20. The third-order valence-electron chi connectivity index (χ3n) is 6.85. The number of H-pyrrole nitrogens is 1. The molecule has 4 heteroatoms. The highest BCUT2D eigenvalue weighted by atomic mass is 35.5. The molecular weight excluding hydrogens is 440 g/mol. The van der Waals surface area contributed by atoms with Crippen molar-refractivity contribution in [3.8, 4) is 11.3 Å². The van der Waals surface area contributed by atoms with Crippen molar-refractivity contribution in [1.29, 1.82) is 0 Å². The van der Waals surface area contributed by atoms with Gasteiger partial charge in [0.25, 0.3) is 5.91 Å². The maximum atomic E-state index is 13.8. The number of nitrogens with zero attached hydrogens (tertiary/aromatic N) is 1. The van der Waals surface area contributed by atoms with E-state index >= 15 is 0 Å². The Morgan fingerprint density at radius 2 is 1.50 bits per heavy atom. The molecule has 2 atom stereocenters. The van der Waals surface area contributed by atoms with Gasteiger partial charge in [0.1, 0.15) is 0 Å². The van der Waals surface area contributed by atoms with E-state index in [0.29, 0.717) is 5.02 Å². The molecule has 2 unspecified atom stereocenters. The SMILES string of the molecule is CC(c1ccccc1)N1C(=O)c2ccccc2C1c1c(-c2ccc(Cl)cc2)[nH]c2ccccc12. The lowest BCUT2D eigenvalue weighted by Crippen LogP contribution is -2.31. The first-order chi connectivity index (χ1) is 16.6. The lowest BCUT2D eigenvalue weighted by molar-refractivity contribution is 0.0678. The summed E-state index contributed by atoms with van der Waals surface area (Å²) in [6.07, 6.45) is 0. The largest absolute Gasteiger partial charge is 0.354 e. The fourth-order valence-electron chi connectivity index (χ4n) is 5.21. The van der Waals surface area contributed by atoms with Crippen LogP contribution in [-0.4, -0.2) is 15.8 Å². The van der Waals surface area contributed by atoms with Gasteiger partial charge in [-0.15, -0.1) is 0 Å². The molecule has 1 aromatic heterocycles. The van der Waals surface area contributed by atoms with Crippen LogP contribution in [0.4, 0.5) is 0 Å². The van der Waals surface area contributed by atoms with Crippen molar-refractivity contribution in [2.24, 2.45) is 0 Å². The van der Waals surface area contributed by atoms with Gasteiger partial charge in [-0.3, -0.25) is 4.79 Å². The normalized spacial score (nSPS) is 16.1. The van der Waals surface area contributed by atoms with Crippen molar-refractivity contribution in [3.63, 3.8) is 0 Å². The fourth-order valence-corrected chi connectivity index (χ4v) is 5.34.